The van der Waals surface area contributed by atoms with Crippen LogP contribution >= 0.6 is 45.8 Å². The standard InChI is InChI=1S/C15H14ClIO2S.C15H13ClO2S/c1-11-2-8-14(9-3-11)20(18,19)10-15(17)12-4-6-13(16)7-5-12;1-12-2-8-15(9-3-12)19(17,18)11-10-13-4-6-14(16)7-5-13/h2-9,15H,10H2,1H3;2-11H,1H3. The van der Waals surface area contributed by atoms with Crippen LogP contribution in [0.4, 0.5) is 0 Å². The third-order valence-electron chi connectivity index (χ3n) is 5.64. The van der Waals surface area contributed by atoms with Gasteiger partial charge < -0.3 is 0 Å². The lowest BCUT2D eigenvalue weighted by Gasteiger charge is -2.11. The van der Waals surface area contributed by atoms with Gasteiger partial charge in [-0.05, 0) is 79.6 Å². The van der Waals surface area contributed by atoms with Crippen LogP contribution in [0.15, 0.2) is 112 Å². The highest BCUT2D eigenvalue weighted by molar-refractivity contribution is 14.1. The molecule has 1 atom stereocenters. The Morgan fingerprint density at radius 2 is 1.10 bits per heavy atom. The molecule has 0 saturated heterocycles. The molecule has 4 aromatic carbocycles. The summed E-state index contributed by atoms with van der Waals surface area (Å²) >= 11 is 13.8. The number of aryl methyl sites for hydroxylation is 2. The fraction of sp³-hybridized carbons (Fsp3) is 0.133. The molecule has 9 heteroatoms. The van der Waals surface area contributed by atoms with E-state index in [4.69, 9.17) is 23.2 Å². The van der Waals surface area contributed by atoms with Crippen molar-refractivity contribution in [2.24, 2.45) is 0 Å². The van der Waals surface area contributed by atoms with Gasteiger partial charge in [-0.3, -0.25) is 0 Å². The molecular formula is C30H27Cl2IO4S2. The third kappa shape index (κ3) is 9.76. The predicted octanol–water partition coefficient (Wildman–Crippen LogP) is 8.69. The van der Waals surface area contributed by atoms with E-state index in [-0.39, 0.29) is 9.68 Å². The van der Waals surface area contributed by atoms with Crippen LogP contribution in [-0.2, 0) is 19.7 Å². The fourth-order valence-electron chi connectivity index (χ4n) is 3.35. The average Bonchev–Trinajstić information content (AvgIpc) is 2.89. The predicted molar refractivity (Wildman–Crippen MR) is 170 cm³/mol. The smallest absolute Gasteiger partial charge is 0.199 e. The van der Waals surface area contributed by atoms with Gasteiger partial charge in [-0.15, -0.1) is 0 Å². The van der Waals surface area contributed by atoms with Gasteiger partial charge in [-0.1, -0.05) is 105 Å². The zero-order valence-corrected chi connectivity index (χ0v) is 26.6. The highest BCUT2D eigenvalue weighted by Crippen LogP contribution is 2.28. The van der Waals surface area contributed by atoms with E-state index in [1.807, 2.05) is 38.1 Å². The second kappa shape index (κ2) is 13.9. The number of halogens is 3. The summed E-state index contributed by atoms with van der Waals surface area (Å²) in [5.74, 6) is 0.0816. The maximum Gasteiger partial charge on any atom is 0.199 e. The lowest BCUT2D eigenvalue weighted by molar-refractivity contribution is 0.595. The minimum absolute atomic E-state index is 0.0816. The van der Waals surface area contributed by atoms with Crippen LogP contribution in [-0.4, -0.2) is 22.6 Å². The monoisotopic (exact) mass is 712 g/mol. The van der Waals surface area contributed by atoms with Crippen molar-refractivity contribution < 1.29 is 16.8 Å². The van der Waals surface area contributed by atoms with E-state index in [1.165, 1.54) is 5.41 Å². The zero-order chi connectivity index (χ0) is 28.6. The minimum Gasteiger partial charge on any atom is -0.224 e. The molecule has 0 aliphatic rings. The van der Waals surface area contributed by atoms with Crippen LogP contribution in [0.5, 0.6) is 0 Å². The molecule has 0 aromatic heterocycles. The highest BCUT2D eigenvalue weighted by atomic mass is 127. The van der Waals surface area contributed by atoms with Crippen molar-refractivity contribution in [1.29, 1.82) is 0 Å². The van der Waals surface area contributed by atoms with Gasteiger partial charge in [0.25, 0.3) is 0 Å². The van der Waals surface area contributed by atoms with Crippen molar-refractivity contribution in [3.05, 3.63) is 135 Å². The first-order valence-electron chi connectivity index (χ1n) is 11.8. The molecule has 204 valence electrons. The van der Waals surface area contributed by atoms with Crippen molar-refractivity contribution in [2.45, 2.75) is 27.6 Å². The molecule has 0 radical (unpaired) electrons. The molecule has 0 N–H and O–H groups in total. The Bertz CT molecular complexity index is 1620. The first-order chi connectivity index (χ1) is 18.4. The van der Waals surface area contributed by atoms with Gasteiger partial charge in [0.2, 0.25) is 0 Å². The van der Waals surface area contributed by atoms with Gasteiger partial charge in [0.1, 0.15) is 0 Å². The molecule has 0 fully saturated rings. The van der Waals surface area contributed by atoms with Gasteiger partial charge in [0, 0.05) is 15.5 Å². The van der Waals surface area contributed by atoms with Crippen molar-refractivity contribution in [1.82, 2.24) is 0 Å². The fourth-order valence-corrected chi connectivity index (χ4v) is 7.77. The Morgan fingerprint density at radius 1 is 0.667 bits per heavy atom. The molecule has 4 nitrogen and oxygen atoms in total. The first kappa shape index (κ1) is 31.4. The van der Waals surface area contributed by atoms with Crippen LogP contribution < -0.4 is 0 Å². The van der Waals surface area contributed by atoms with E-state index < -0.39 is 19.7 Å². The molecule has 1 unspecified atom stereocenters. The number of alkyl halides is 1. The summed E-state index contributed by atoms with van der Waals surface area (Å²) in [5, 5.41) is 2.48. The number of rotatable bonds is 7. The Kier molecular flexibility index (Phi) is 11.2. The van der Waals surface area contributed by atoms with E-state index >= 15 is 0 Å². The summed E-state index contributed by atoms with van der Waals surface area (Å²) in [6, 6.07) is 28.0. The summed E-state index contributed by atoms with van der Waals surface area (Å²) in [7, 11) is -6.67. The van der Waals surface area contributed by atoms with Crippen LogP contribution in [0.25, 0.3) is 6.08 Å². The summed E-state index contributed by atoms with van der Waals surface area (Å²) in [4.78, 5) is 0.669. The average molecular weight is 713 g/mol. The minimum atomic E-state index is -3.40. The van der Waals surface area contributed by atoms with E-state index in [0.29, 0.717) is 19.8 Å². The quantitative estimate of drug-likeness (QED) is 0.142. The number of hydrogen-bond acceptors (Lipinski definition) is 4. The van der Waals surface area contributed by atoms with Crippen molar-refractivity contribution in [2.75, 3.05) is 5.75 Å². The highest BCUT2D eigenvalue weighted by Gasteiger charge is 2.20. The summed E-state index contributed by atoms with van der Waals surface area (Å²) in [6.07, 6.45) is 1.56. The Morgan fingerprint density at radius 3 is 1.59 bits per heavy atom. The van der Waals surface area contributed by atoms with Crippen molar-refractivity contribution in [3.8, 4) is 0 Å². The number of hydrogen-bond donors (Lipinski definition) is 0. The molecule has 4 rings (SSSR count). The molecule has 0 spiro atoms. The summed E-state index contributed by atoms with van der Waals surface area (Å²) < 4.78 is 48.8. The molecule has 0 heterocycles. The molecular weight excluding hydrogens is 686 g/mol. The topological polar surface area (TPSA) is 68.3 Å². The second-order valence-electron chi connectivity index (χ2n) is 8.83. The van der Waals surface area contributed by atoms with E-state index in [9.17, 15) is 16.8 Å². The van der Waals surface area contributed by atoms with Crippen LogP contribution in [0.3, 0.4) is 0 Å². The molecule has 0 bridgehead atoms. The van der Waals surface area contributed by atoms with Gasteiger partial charge in [-0.25, -0.2) is 16.8 Å². The van der Waals surface area contributed by atoms with Crippen molar-refractivity contribution >= 4 is 71.5 Å². The molecule has 0 amide bonds. The van der Waals surface area contributed by atoms with Crippen LogP contribution in [0, 0.1) is 13.8 Å². The van der Waals surface area contributed by atoms with Gasteiger partial charge in [0.15, 0.2) is 19.7 Å². The maximum absolute atomic E-state index is 12.4. The lowest BCUT2D eigenvalue weighted by atomic mass is 10.2. The third-order valence-corrected chi connectivity index (χ3v) is 11.1. The molecule has 39 heavy (non-hydrogen) atoms. The molecule has 0 aliphatic carbocycles. The molecule has 0 aliphatic heterocycles. The lowest BCUT2D eigenvalue weighted by Crippen LogP contribution is -2.11. The van der Waals surface area contributed by atoms with Crippen LogP contribution in [0.2, 0.25) is 10.0 Å². The largest absolute Gasteiger partial charge is 0.224 e. The summed E-state index contributed by atoms with van der Waals surface area (Å²) in [5.41, 5.74) is 3.83. The molecule has 4 aromatic rings. The van der Waals surface area contributed by atoms with E-state index in [0.717, 1.165) is 22.3 Å². The normalized spacial score (nSPS) is 12.5. The van der Waals surface area contributed by atoms with E-state index in [2.05, 4.69) is 22.6 Å². The first-order valence-corrected chi connectivity index (χ1v) is 17.0. The summed E-state index contributed by atoms with van der Waals surface area (Å²) in [6.45, 7) is 3.85. The van der Waals surface area contributed by atoms with Crippen molar-refractivity contribution in [3.63, 3.8) is 0 Å². The number of sulfone groups is 2. The zero-order valence-electron chi connectivity index (χ0n) is 21.3. The Hall–Kier alpha value is -2.17. The van der Waals surface area contributed by atoms with Gasteiger partial charge in [0.05, 0.1) is 19.5 Å². The van der Waals surface area contributed by atoms with Gasteiger partial charge in [-0.2, -0.15) is 0 Å². The second-order valence-corrected chi connectivity index (χ2v) is 15.1. The Balaban J connectivity index is 0.000000216. The molecule has 0 saturated carbocycles. The number of benzene rings is 4. The van der Waals surface area contributed by atoms with Crippen LogP contribution in [0.1, 0.15) is 26.2 Å². The van der Waals surface area contributed by atoms with E-state index in [1.54, 1.807) is 78.9 Å². The SMILES string of the molecule is Cc1ccc(S(=O)(=O)C=Cc2ccc(Cl)cc2)cc1.Cc1ccc(S(=O)(=O)CC(I)c2ccc(Cl)cc2)cc1. The maximum atomic E-state index is 12.4. The van der Waals surface area contributed by atoms with Gasteiger partial charge >= 0.3 is 0 Å². The Labute approximate surface area is 254 Å².